The van der Waals surface area contributed by atoms with Gasteiger partial charge in [-0.15, -0.1) is 0 Å². The average Bonchev–Trinajstić information content (AvgIpc) is 2.95. The van der Waals surface area contributed by atoms with Crippen LogP contribution in [-0.4, -0.2) is 21.3 Å². The number of hydrogen-bond acceptors (Lipinski definition) is 3. The van der Waals surface area contributed by atoms with Crippen LogP contribution >= 0.6 is 0 Å². The van der Waals surface area contributed by atoms with E-state index >= 15 is 0 Å². The van der Waals surface area contributed by atoms with Crippen LogP contribution in [0, 0.1) is 51.9 Å². The molecule has 0 bridgehead atoms. The molecule has 17 heavy (non-hydrogen) atoms. The summed E-state index contributed by atoms with van der Waals surface area (Å²) in [5.41, 5.74) is 0. The molecule has 97 valence electrons. The maximum atomic E-state index is 7.50. The van der Waals surface area contributed by atoms with Gasteiger partial charge in [-0.25, -0.2) is 0 Å². The monoisotopic (exact) mass is 282 g/mol. The van der Waals surface area contributed by atoms with E-state index < -0.39 is 0 Å². The minimum absolute atomic E-state index is 0. The van der Waals surface area contributed by atoms with Crippen LogP contribution in [0.25, 0.3) is 0 Å². The first kappa shape index (κ1) is 25.7. The predicted octanol–water partition coefficient (Wildman–Crippen LogP) is 1.32. The summed E-state index contributed by atoms with van der Waals surface area (Å²) in [6, 6.07) is 0. The van der Waals surface area contributed by atoms with E-state index in [0.717, 1.165) is 0 Å². The molecule has 6 heteroatoms. The van der Waals surface area contributed by atoms with Gasteiger partial charge in [0.25, 0.3) is 0 Å². The van der Waals surface area contributed by atoms with Gasteiger partial charge in [-0.1, -0.05) is 0 Å². The molecule has 0 heterocycles. The Bertz CT molecular complexity index is 122. The molecule has 1 aliphatic rings. The third-order valence-corrected chi connectivity index (χ3v) is 1.06. The third-order valence-electron chi connectivity index (χ3n) is 1.06. The summed E-state index contributed by atoms with van der Waals surface area (Å²) in [6.07, 6.45) is 10.0. The smallest absolute Gasteiger partial charge is 0 e. The van der Waals surface area contributed by atoms with E-state index in [1.54, 1.807) is 0 Å². The van der Waals surface area contributed by atoms with Crippen molar-refractivity contribution in [2.45, 2.75) is 0 Å². The fourth-order valence-electron chi connectivity index (χ4n) is 0.571. The fraction of sp³-hybridized carbons (Fsp3) is 0.273. The Morgan fingerprint density at radius 3 is 0.941 bits per heavy atom. The molecule has 0 spiro atoms. The molecule has 0 unspecified atom stereocenters. The largest absolute Gasteiger partial charge is 0.0312 e. The van der Waals surface area contributed by atoms with Gasteiger partial charge in [0.2, 0.25) is 0 Å². The van der Waals surface area contributed by atoms with E-state index in [-0.39, 0.29) is 23.5 Å². The summed E-state index contributed by atoms with van der Waals surface area (Å²) < 4.78 is 28.6. The molecule has 0 amide bonds. The summed E-state index contributed by atoms with van der Waals surface area (Å²) in [5, 5.41) is 0. The van der Waals surface area contributed by atoms with Crippen LogP contribution in [0.1, 0.15) is 0 Å². The summed E-state index contributed by atoms with van der Waals surface area (Å²) in [7, 11) is 4.42. The van der Waals surface area contributed by atoms with Gasteiger partial charge in [-0.2, -0.15) is 0 Å². The first-order chi connectivity index (χ1) is 7.85. The van der Waals surface area contributed by atoms with Crippen LogP contribution in [0.5, 0.6) is 0 Å². The molecule has 5 nitrogen and oxygen atoms in total. The second-order valence-electron chi connectivity index (χ2n) is 1.82. The van der Waals surface area contributed by atoms with Crippen molar-refractivity contribution in [3.05, 3.63) is 51.9 Å². The Balaban J connectivity index is -0.0000000747. The molecule has 1 rings (SSSR count). The van der Waals surface area contributed by atoms with Crippen molar-refractivity contribution in [1.29, 1.82) is 0 Å². The van der Waals surface area contributed by atoms with Gasteiger partial charge in [0.1, 0.15) is 0 Å². The van der Waals surface area contributed by atoms with Crippen molar-refractivity contribution < 1.29 is 40.6 Å². The van der Waals surface area contributed by atoms with Crippen LogP contribution in [0.15, 0.2) is 0 Å². The molecule has 0 aromatic carbocycles. The number of rotatable bonds is 3. The summed E-state index contributed by atoms with van der Waals surface area (Å²) in [4.78, 5) is 0. The molecular formula is C11H14FeO5-. The third kappa shape index (κ3) is 25.8. The Morgan fingerprint density at radius 2 is 0.882 bits per heavy atom. The van der Waals surface area contributed by atoms with Crippen molar-refractivity contribution in [2.24, 2.45) is 0 Å². The number of ether oxygens (including phenoxy) is 3. The first-order valence-electron chi connectivity index (χ1n) is 3.91. The van der Waals surface area contributed by atoms with Gasteiger partial charge < -0.3 is 14.2 Å². The van der Waals surface area contributed by atoms with Gasteiger partial charge >= 0.3 is 22.6 Å². The molecule has 0 aliphatic heterocycles. The van der Waals surface area contributed by atoms with E-state index in [9.17, 15) is 0 Å². The van der Waals surface area contributed by atoms with Crippen LogP contribution < -0.4 is 0 Å². The Morgan fingerprint density at radius 1 is 0.706 bits per heavy atom. The van der Waals surface area contributed by atoms with E-state index in [2.05, 4.69) is 27.5 Å². The fourth-order valence-corrected chi connectivity index (χ4v) is 0.571. The average molecular weight is 282 g/mol. The van der Waals surface area contributed by atoms with Crippen molar-refractivity contribution >= 4 is 0 Å². The molecule has 0 atom stereocenters. The van der Waals surface area contributed by atoms with Gasteiger partial charge in [0.15, 0.2) is 0 Å². The Kier molecular flexibility index (Phi) is 44.8. The SMILES string of the molecule is CO[C-](OC)OC.[C-]#[O+].[C-]#[O+].[CH]1[CH][CH][CH][CH]1.[Fe]. The second kappa shape index (κ2) is 29.7. The van der Waals surface area contributed by atoms with E-state index in [1.165, 1.54) is 21.3 Å². The topological polar surface area (TPSA) is 67.5 Å². The molecule has 1 aliphatic carbocycles. The van der Waals surface area contributed by atoms with Crippen LogP contribution in [0.2, 0.25) is 0 Å². The molecule has 0 aromatic heterocycles. The molecule has 1 fully saturated rings. The molecular weight excluding hydrogens is 268 g/mol. The van der Waals surface area contributed by atoms with Crippen LogP contribution in [-0.2, 0) is 40.6 Å². The molecule has 1 saturated carbocycles. The van der Waals surface area contributed by atoms with Crippen LogP contribution in [0.3, 0.4) is 0 Å². The van der Waals surface area contributed by atoms with Gasteiger partial charge in [-0.3, -0.25) is 0 Å². The Hall–Kier alpha value is -0.121. The maximum absolute atomic E-state index is 7.50. The molecule has 0 saturated heterocycles. The molecule has 0 N–H and O–H groups in total. The summed E-state index contributed by atoms with van der Waals surface area (Å²) in [5.74, 6) is 0. The van der Waals surface area contributed by atoms with Gasteiger partial charge in [0, 0.05) is 44.9 Å². The summed E-state index contributed by atoms with van der Waals surface area (Å²) in [6.45, 7) is 9.18. The zero-order chi connectivity index (χ0) is 13.2. The number of methoxy groups -OCH3 is 3. The van der Waals surface area contributed by atoms with Crippen molar-refractivity contribution in [1.82, 2.24) is 0 Å². The van der Waals surface area contributed by atoms with Gasteiger partial charge in [-0.05, 0) is 32.1 Å². The molecule has 0 aromatic rings. The van der Waals surface area contributed by atoms with Crippen molar-refractivity contribution in [3.8, 4) is 0 Å². The van der Waals surface area contributed by atoms with E-state index in [1.807, 2.05) is 32.1 Å². The van der Waals surface area contributed by atoms with Crippen molar-refractivity contribution in [2.75, 3.05) is 21.3 Å². The predicted molar refractivity (Wildman–Crippen MR) is 53.6 cm³/mol. The van der Waals surface area contributed by atoms with Gasteiger partial charge in [0.05, 0.1) is 0 Å². The molecule has 5 radical (unpaired) electrons. The second-order valence-corrected chi connectivity index (χ2v) is 1.82. The minimum Gasteiger partial charge on any atom is -0.0312 e. The maximum Gasteiger partial charge on any atom is 0 e. The normalized spacial score (nSPS) is 11.5. The Labute approximate surface area is 114 Å². The quantitative estimate of drug-likeness (QED) is 0.445. The summed E-state index contributed by atoms with van der Waals surface area (Å²) >= 11 is 0. The van der Waals surface area contributed by atoms with Crippen molar-refractivity contribution in [3.63, 3.8) is 0 Å². The minimum atomic E-state index is 0. The van der Waals surface area contributed by atoms with E-state index in [4.69, 9.17) is 9.30 Å². The zero-order valence-electron chi connectivity index (χ0n) is 9.78. The zero-order valence-corrected chi connectivity index (χ0v) is 10.9. The first-order valence-corrected chi connectivity index (χ1v) is 3.91. The standard InChI is InChI=1S/C5H5.C4H9O3.2CO.Fe/c1-2-4-5-3-1;1-5-4(6-2)7-3;2*1-2;/h1-5H;1-3H3;;;/q;-1;;;. The van der Waals surface area contributed by atoms with Crippen LogP contribution in [0.4, 0.5) is 0 Å². The number of hydrogen-bond donors (Lipinski definition) is 0. The van der Waals surface area contributed by atoms with E-state index in [0.29, 0.717) is 0 Å².